The molecule has 0 bridgehead atoms. The molecule has 1 aliphatic rings. The van der Waals surface area contributed by atoms with Crippen LogP contribution in [0.2, 0.25) is 0 Å². The van der Waals surface area contributed by atoms with Crippen molar-refractivity contribution < 1.29 is 27.1 Å². The number of esters is 1. The molecular weight excluding hydrogens is 463 g/mol. The van der Waals surface area contributed by atoms with Gasteiger partial charge in [-0.15, -0.1) is 0 Å². The van der Waals surface area contributed by atoms with Gasteiger partial charge in [0.05, 0.1) is 48.6 Å². The van der Waals surface area contributed by atoms with E-state index in [9.17, 15) is 17.6 Å². The van der Waals surface area contributed by atoms with Gasteiger partial charge in [0.1, 0.15) is 11.6 Å². The third-order valence-corrected chi connectivity index (χ3v) is 7.00. The average molecular weight is 489 g/mol. The van der Waals surface area contributed by atoms with Crippen LogP contribution in [0.3, 0.4) is 0 Å². The van der Waals surface area contributed by atoms with Crippen molar-refractivity contribution in [3.8, 4) is 16.9 Å². The summed E-state index contributed by atoms with van der Waals surface area (Å²) in [5.74, 6) is -0.673. The minimum atomic E-state index is -3.75. The molecule has 0 saturated heterocycles. The number of carbonyl (C=O) groups is 1. The lowest BCUT2D eigenvalue weighted by molar-refractivity contribution is 0.0601. The van der Waals surface area contributed by atoms with Crippen molar-refractivity contribution in [3.63, 3.8) is 0 Å². The fourth-order valence-corrected chi connectivity index (χ4v) is 4.97. The lowest BCUT2D eigenvalue weighted by atomic mass is 10.00. The number of carbonyl (C=O) groups excluding carboxylic acids is 1. The molecule has 3 aromatic rings. The Hall–Kier alpha value is -3.28. The maximum absolute atomic E-state index is 14.2. The molecule has 0 atom stereocenters. The lowest BCUT2D eigenvalue weighted by Gasteiger charge is -2.14. The van der Waals surface area contributed by atoms with Gasteiger partial charge in [0.15, 0.2) is 0 Å². The molecule has 1 aliphatic carbocycles. The smallest absolute Gasteiger partial charge is 0.337 e. The topological polar surface area (TPSA) is 126 Å². The van der Waals surface area contributed by atoms with Gasteiger partial charge in [-0.3, -0.25) is 0 Å². The molecule has 11 heteroatoms. The van der Waals surface area contributed by atoms with Gasteiger partial charge in [-0.2, -0.15) is 0 Å². The van der Waals surface area contributed by atoms with Crippen LogP contribution in [0.1, 0.15) is 23.2 Å². The van der Waals surface area contributed by atoms with E-state index in [2.05, 4.69) is 9.71 Å². The van der Waals surface area contributed by atoms with Crippen molar-refractivity contribution in [2.45, 2.75) is 30.3 Å². The van der Waals surface area contributed by atoms with E-state index in [-0.39, 0.29) is 29.6 Å². The Morgan fingerprint density at radius 1 is 1.26 bits per heavy atom. The van der Waals surface area contributed by atoms with Gasteiger partial charge in [0.2, 0.25) is 10.0 Å². The Morgan fingerprint density at radius 2 is 2.03 bits per heavy atom. The van der Waals surface area contributed by atoms with Gasteiger partial charge in [0.25, 0.3) is 0 Å². The second-order valence-electron chi connectivity index (χ2n) is 7.90. The highest BCUT2D eigenvalue weighted by Gasteiger charge is 2.29. The Morgan fingerprint density at radius 3 is 2.68 bits per heavy atom. The molecule has 0 amide bonds. The van der Waals surface area contributed by atoms with E-state index in [1.807, 2.05) is 0 Å². The summed E-state index contributed by atoms with van der Waals surface area (Å²) in [6.07, 6.45) is 4.30. The first-order valence-corrected chi connectivity index (χ1v) is 12.1. The Balaban J connectivity index is 1.92. The number of ether oxygens (including phenoxy) is 2. The predicted octanol–water partition coefficient (Wildman–Crippen LogP) is 2.75. The quantitative estimate of drug-likeness (QED) is 0.444. The Bertz CT molecular complexity index is 1380. The number of hydrogen-bond donors (Lipinski definition) is 2. The monoisotopic (exact) mass is 488 g/mol. The summed E-state index contributed by atoms with van der Waals surface area (Å²) in [6, 6.07) is 7.54. The molecule has 0 spiro atoms. The minimum absolute atomic E-state index is 0.0461. The summed E-state index contributed by atoms with van der Waals surface area (Å²) < 4.78 is 54.4. The summed E-state index contributed by atoms with van der Waals surface area (Å²) in [5, 5.41) is 0. The van der Waals surface area contributed by atoms with Gasteiger partial charge in [-0.1, -0.05) is 0 Å². The van der Waals surface area contributed by atoms with Gasteiger partial charge < -0.3 is 19.8 Å². The molecule has 0 unspecified atom stereocenters. The first-order chi connectivity index (χ1) is 16.3. The van der Waals surface area contributed by atoms with Crippen LogP contribution >= 0.6 is 0 Å². The van der Waals surface area contributed by atoms with E-state index in [1.165, 1.54) is 43.3 Å². The van der Waals surface area contributed by atoms with Gasteiger partial charge in [-0.25, -0.2) is 27.3 Å². The van der Waals surface area contributed by atoms with E-state index < -0.39 is 21.8 Å². The minimum Gasteiger partial charge on any atom is -0.496 e. The largest absolute Gasteiger partial charge is 0.496 e. The standard InChI is InChI=1S/C23H25FN4O5S/c1-32-21-6-5-17(34(30,31)27-16-3-4-16)11-18(21)19-9-14(23(29)33-2)10-20-22(19)26-13-28(20)12-15(24)7-8-25/h5-7,9-11,13,16,27H,3-4,8,12,25H2,1-2H3/b15-7-. The van der Waals surface area contributed by atoms with Crippen LogP contribution in [0.5, 0.6) is 5.75 Å². The van der Waals surface area contributed by atoms with Crippen LogP contribution in [0.4, 0.5) is 4.39 Å². The normalized spacial score (nSPS) is 14.4. The zero-order valence-electron chi connectivity index (χ0n) is 18.7. The van der Waals surface area contributed by atoms with Crippen LogP contribution in [-0.4, -0.2) is 50.7 Å². The predicted molar refractivity (Wildman–Crippen MR) is 125 cm³/mol. The van der Waals surface area contributed by atoms with Crippen molar-refractivity contribution in [2.24, 2.45) is 5.73 Å². The van der Waals surface area contributed by atoms with Crippen LogP contribution in [-0.2, 0) is 21.3 Å². The summed E-state index contributed by atoms with van der Waals surface area (Å²) >= 11 is 0. The van der Waals surface area contributed by atoms with Crippen molar-refractivity contribution in [3.05, 3.63) is 54.1 Å². The van der Waals surface area contributed by atoms with Crippen LogP contribution in [0.15, 0.2) is 53.5 Å². The number of rotatable bonds is 9. The maximum Gasteiger partial charge on any atom is 0.337 e. The van der Waals surface area contributed by atoms with Gasteiger partial charge >= 0.3 is 5.97 Å². The summed E-state index contributed by atoms with van der Waals surface area (Å²) in [7, 11) is -1.03. The van der Waals surface area contributed by atoms with Gasteiger partial charge in [0, 0.05) is 23.7 Å². The van der Waals surface area contributed by atoms with Crippen LogP contribution < -0.4 is 15.2 Å². The van der Waals surface area contributed by atoms with E-state index in [4.69, 9.17) is 15.2 Å². The first kappa shape index (κ1) is 23.9. The molecule has 180 valence electrons. The molecule has 0 aliphatic heterocycles. The highest BCUT2D eigenvalue weighted by Crippen LogP contribution is 2.37. The second-order valence-corrected chi connectivity index (χ2v) is 9.61. The highest BCUT2D eigenvalue weighted by molar-refractivity contribution is 7.89. The molecule has 0 radical (unpaired) electrons. The molecule has 4 rings (SSSR count). The van der Waals surface area contributed by atoms with Crippen LogP contribution in [0, 0.1) is 0 Å². The average Bonchev–Trinajstić information content (AvgIpc) is 3.54. The molecule has 1 heterocycles. The number of aromatic nitrogens is 2. The number of allylic oxidation sites excluding steroid dienone is 1. The molecule has 9 nitrogen and oxygen atoms in total. The van der Waals surface area contributed by atoms with Crippen molar-refractivity contribution >= 4 is 27.0 Å². The number of nitrogens with two attached hydrogens (primary N) is 1. The fraction of sp³-hybridized carbons (Fsp3) is 0.304. The Kier molecular flexibility index (Phi) is 6.69. The zero-order chi connectivity index (χ0) is 24.5. The molecule has 1 aromatic heterocycles. The number of imidazole rings is 1. The van der Waals surface area contributed by atoms with E-state index in [0.29, 0.717) is 27.9 Å². The highest BCUT2D eigenvalue weighted by atomic mass is 32.2. The number of hydrogen-bond acceptors (Lipinski definition) is 7. The molecule has 2 aromatic carbocycles. The number of nitrogens with one attached hydrogen (secondary N) is 1. The third-order valence-electron chi connectivity index (χ3n) is 5.48. The molecular formula is C23H25FN4O5S. The van der Waals surface area contributed by atoms with E-state index in [1.54, 1.807) is 18.2 Å². The van der Waals surface area contributed by atoms with Crippen molar-refractivity contribution in [1.82, 2.24) is 14.3 Å². The molecule has 3 N–H and O–H groups in total. The fourth-order valence-electron chi connectivity index (χ4n) is 3.64. The molecule has 1 saturated carbocycles. The number of halogens is 1. The second kappa shape index (κ2) is 9.53. The number of nitrogens with zero attached hydrogens (tertiary/aromatic N) is 2. The molecule has 1 fully saturated rings. The number of methoxy groups -OCH3 is 2. The Labute approximate surface area is 196 Å². The first-order valence-electron chi connectivity index (χ1n) is 10.6. The van der Waals surface area contributed by atoms with Crippen molar-refractivity contribution in [2.75, 3.05) is 20.8 Å². The SMILES string of the molecule is COC(=O)c1cc(-c2cc(S(=O)(=O)NC3CC3)ccc2OC)c2ncn(C/C(F)=C/CN)c2c1. The number of fused-ring (bicyclic) bond motifs is 1. The summed E-state index contributed by atoms with van der Waals surface area (Å²) in [5.41, 5.74) is 7.36. The van der Waals surface area contributed by atoms with E-state index in [0.717, 1.165) is 12.8 Å². The zero-order valence-corrected chi connectivity index (χ0v) is 19.6. The van der Waals surface area contributed by atoms with Crippen LogP contribution in [0.25, 0.3) is 22.2 Å². The molecule has 34 heavy (non-hydrogen) atoms. The summed E-state index contributed by atoms with van der Waals surface area (Å²) in [4.78, 5) is 16.9. The van der Waals surface area contributed by atoms with E-state index >= 15 is 0 Å². The summed E-state index contributed by atoms with van der Waals surface area (Å²) in [6.45, 7) is -0.0842. The maximum atomic E-state index is 14.2. The lowest BCUT2D eigenvalue weighted by Crippen LogP contribution is -2.25. The number of benzene rings is 2. The van der Waals surface area contributed by atoms with Crippen molar-refractivity contribution in [1.29, 1.82) is 0 Å². The van der Waals surface area contributed by atoms with Gasteiger partial charge in [-0.05, 0) is 49.2 Å². The number of sulfonamides is 1. The third kappa shape index (κ3) is 4.81.